The van der Waals surface area contributed by atoms with Crippen molar-refractivity contribution in [3.63, 3.8) is 0 Å². The van der Waals surface area contributed by atoms with Crippen LogP contribution in [0, 0.1) is 17.0 Å². The number of benzene rings is 3. The van der Waals surface area contributed by atoms with Crippen LogP contribution in [-0.2, 0) is 25.7 Å². The Morgan fingerprint density at radius 1 is 1.07 bits per heavy atom. The lowest BCUT2D eigenvalue weighted by Crippen LogP contribution is -2.48. The first-order valence-electron chi connectivity index (χ1n) is 13.4. The normalized spacial score (nSPS) is 18.3. The van der Waals surface area contributed by atoms with E-state index in [1.165, 1.54) is 12.1 Å². The average Bonchev–Trinajstić information content (AvgIpc) is 2.98. The number of aliphatic carboxylic acids is 1. The molecule has 0 amide bonds. The van der Waals surface area contributed by atoms with E-state index in [1.54, 1.807) is 0 Å². The predicted molar refractivity (Wildman–Crippen MR) is 144 cm³/mol. The highest BCUT2D eigenvalue weighted by Gasteiger charge is 2.45. The zero-order valence-electron chi connectivity index (χ0n) is 23.0. The first-order valence-corrected chi connectivity index (χ1v) is 14.8. The standard InChI is InChI=1S/C29H24F7NO7S/c30-18-12-21(25(31)24(13-18)44-27(32)33)16-4-5-23-22(10-16)37(45(40,41)20-3-1-2-17(11-20)29(34,35)36)15-19(43-23)14-28(26(38)39)6-8-42-9-7-28/h1-5,10-13,19,27H,6-9,14-15H2,(H,38,39). The Balaban J connectivity index is 1.63. The van der Waals surface area contributed by atoms with E-state index in [4.69, 9.17) is 9.47 Å². The van der Waals surface area contributed by atoms with E-state index in [9.17, 15) is 44.7 Å². The second kappa shape index (κ2) is 12.0. The van der Waals surface area contributed by atoms with E-state index in [-0.39, 0.29) is 49.5 Å². The van der Waals surface area contributed by atoms with Crippen molar-refractivity contribution < 1.29 is 63.3 Å². The Labute approximate surface area is 252 Å². The molecule has 242 valence electrons. The molecule has 0 saturated carbocycles. The molecule has 0 radical (unpaired) electrons. The number of alkyl halides is 5. The van der Waals surface area contributed by atoms with Gasteiger partial charge in [-0.3, -0.25) is 9.10 Å². The van der Waals surface area contributed by atoms with Crippen LogP contribution in [0.15, 0.2) is 59.5 Å². The zero-order chi connectivity index (χ0) is 32.7. The number of sulfonamides is 1. The Morgan fingerprint density at radius 2 is 1.78 bits per heavy atom. The molecule has 1 atom stereocenters. The fourth-order valence-electron chi connectivity index (χ4n) is 5.43. The zero-order valence-corrected chi connectivity index (χ0v) is 23.8. The quantitative estimate of drug-likeness (QED) is 0.276. The number of carbonyl (C=O) groups is 1. The molecule has 1 unspecified atom stereocenters. The lowest BCUT2D eigenvalue weighted by atomic mass is 9.75. The summed E-state index contributed by atoms with van der Waals surface area (Å²) in [6.07, 6.45) is -5.98. The highest BCUT2D eigenvalue weighted by atomic mass is 32.2. The molecule has 2 aliphatic heterocycles. The van der Waals surface area contributed by atoms with Crippen LogP contribution in [0.25, 0.3) is 11.1 Å². The molecule has 0 spiro atoms. The molecule has 1 fully saturated rings. The monoisotopic (exact) mass is 663 g/mol. The van der Waals surface area contributed by atoms with Gasteiger partial charge in [0.15, 0.2) is 11.6 Å². The third kappa shape index (κ3) is 6.52. The number of anilines is 1. The van der Waals surface area contributed by atoms with Crippen LogP contribution in [0.1, 0.15) is 24.8 Å². The van der Waals surface area contributed by atoms with Crippen LogP contribution in [0.4, 0.5) is 36.4 Å². The minimum Gasteiger partial charge on any atom is -0.486 e. The van der Waals surface area contributed by atoms with Gasteiger partial charge in [0.2, 0.25) is 0 Å². The molecule has 3 aromatic rings. The largest absolute Gasteiger partial charge is 0.486 e. The molecule has 1 N–H and O–H groups in total. The summed E-state index contributed by atoms with van der Waals surface area (Å²) in [7, 11) is -4.82. The van der Waals surface area contributed by atoms with Crippen molar-refractivity contribution in [2.75, 3.05) is 24.1 Å². The van der Waals surface area contributed by atoms with Gasteiger partial charge in [-0.1, -0.05) is 12.1 Å². The van der Waals surface area contributed by atoms with Gasteiger partial charge in [0.05, 0.1) is 28.1 Å². The van der Waals surface area contributed by atoms with Crippen molar-refractivity contribution in [2.45, 2.75) is 43.0 Å². The maximum Gasteiger partial charge on any atom is 0.416 e. The third-order valence-electron chi connectivity index (χ3n) is 7.69. The predicted octanol–water partition coefficient (Wildman–Crippen LogP) is 6.48. The van der Waals surface area contributed by atoms with Crippen molar-refractivity contribution in [1.29, 1.82) is 0 Å². The number of nitrogens with zero attached hydrogens (tertiary/aromatic N) is 1. The van der Waals surface area contributed by atoms with Gasteiger partial charge in [0.1, 0.15) is 17.7 Å². The van der Waals surface area contributed by atoms with E-state index >= 15 is 4.39 Å². The van der Waals surface area contributed by atoms with Gasteiger partial charge in [-0.25, -0.2) is 17.2 Å². The van der Waals surface area contributed by atoms with Crippen molar-refractivity contribution in [3.05, 3.63) is 71.8 Å². The summed E-state index contributed by atoms with van der Waals surface area (Å²) in [5, 5.41) is 10.0. The van der Waals surface area contributed by atoms with Gasteiger partial charge < -0.3 is 19.3 Å². The molecule has 45 heavy (non-hydrogen) atoms. The van der Waals surface area contributed by atoms with Crippen LogP contribution < -0.4 is 13.8 Å². The summed E-state index contributed by atoms with van der Waals surface area (Å²) >= 11 is 0. The van der Waals surface area contributed by atoms with E-state index in [0.717, 1.165) is 18.2 Å². The summed E-state index contributed by atoms with van der Waals surface area (Å²) in [5.74, 6) is -4.97. The van der Waals surface area contributed by atoms with E-state index in [2.05, 4.69) is 4.74 Å². The summed E-state index contributed by atoms with van der Waals surface area (Å²) in [6, 6.07) is 7.42. The Hall–Kier alpha value is -4.05. The fourth-order valence-corrected chi connectivity index (χ4v) is 6.98. The van der Waals surface area contributed by atoms with Gasteiger partial charge >= 0.3 is 18.8 Å². The topological polar surface area (TPSA) is 102 Å². The number of fused-ring (bicyclic) bond motifs is 1. The molecule has 3 aromatic carbocycles. The first kappa shape index (κ1) is 32.3. The summed E-state index contributed by atoms with van der Waals surface area (Å²) in [4.78, 5) is 11.6. The highest BCUT2D eigenvalue weighted by molar-refractivity contribution is 7.92. The Bertz CT molecular complexity index is 1710. The molecule has 16 heteroatoms. The van der Waals surface area contributed by atoms with Gasteiger partial charge in [0, 0.05) is 31.3 Å². The molecule has 1 saturated heterocycles. The van der Waals surface area contributed by atoms with Gasteiger partial charge in [-0.05, 0) is 54.8 Å². The molecule has 5 rings (SSSR count). The summed E-state index contributed by atoms with van der Waals surface area (Å²) in [5.41, 5.74) is -3.68. The van der Waals surface area contributed by atoms with Gasteiger partial charge in [0.25, 0.3) is 10.0 Å². The fraction of sp³-hybridized carbons (Fsp3) is 0.345. The Morgan fingerprint density at radius 3 is 2.42 bits per heavy atom. The van der Waals surface area contributed by atoms with E-state index in [1.807, 2.05) is 0 Å². The van der Waals surface area contributed by atoms with Crippen molar-refractivity contribution in [2.24, 2.45) is 5.41 Å². The summed E-state index contributed by atoms with van der Waals surface area (Å²) < 4.78 is 139. The number of halogens is 7. The Kier molecular flexibility index (Phi) is 8.65. The van der Waals surface area contributed by atoms with Crippen molar-refractivity contribution in [3.8, 4) is 22.6 Å². The smallest absolute Gasteiger partial charge is 0.416 e. The number of hydrogen-bond acceptors (Lipinski definition) is 6. The van der Waals surface area contributed by atoms with Gasteiger partial charge in [-0.15, -0.1) is 0 Å². The minimum atomic E-state index is -4.88. The van der Waals surface area contributed by atoms with Crippen LogP contribution in [0.3, 0.4) is 0 Å². The molecule has 0 bridgehead atoms. The lowest BCUT2D eigenvalue weighted by Gasteiger charge is -2.40. The molecular formula is C29H24F7NO7S. The van der Waals surface area contributed by atoms with Crippen molar-refractivity contribution in [1.82, 2.24) is 0 Å². The van der Waals surface area contributed by atoms with Crippen LogP contribution in [0.2, 0.25) is 0 Å². The maximum atomic E-state index is 15.2. The molecule has 2 heterocycles. The minimum absolute atomic E-state index is 0.0935. The first-order chi connectivity index (χ1) is 21.1. The molecule has 8 nitrogen and oxygen atoms in total. The number of carboxylic acid groups (broad SMARTS) is 1. The maximum absolute atomic E-state index is 15.2. The number of rotatable bonds is 8. The van der Waals surface area contributed by atoms with Crippen LogP contribution in [0.5, 0.6) is 11.5 Å². The van der Waals surface area contributed by atoms with Gasteiger partial charge in [-0.2, -0.15) is 22.0 Å². The SMILES string of the molecule is O=C(O)C1(CC2CN(S(=O)(=O)c3cccc(C(F)(F)F)c3)c3cc(-c4cc(F)cc(OC(F)F)c4F)ccc3O2)CCOCC1. The lowest BCUT2D eigenvalue weighted by molar-refractivity contribution is -0.157. The van der Waals surface area contributed by atoms with Crippen molar-refractivity contribution >= 4 is 21.7 Å². The third-order valence-corrected chi connectivity index (χ3v) is 9.47. The van der Waals surface area contributed by atoms with E-state index in [0.29, 0.717) is 28.6 Å². The van der Waals surface area contributed by atoms with Crippen LogP contribution in [-0.4, -0.2) is 52.0 Å². The second-order valence-electron chi connectivity index (χ2n) is 10.5. The molecular weight excluding hydrogens is 639 g/mol. The summed E-state index contributed by atoms with van der Waals surface area (Å²) in [6.45, 7) is -3.79. The molecule has 2 aliphatic rings. The van der Waals surface area contributed by atoms with E-state index < -0.39 is 80.3 Å². The second-order valence-corrected chi connectivity index (χ2v) is 12.4. The number of hydrogen-bond donors (Lipinski definition) is 1. The number of ether oxygens (including phenoxy) is 3. The number of carboxylic acids is 1. The average molecular weight is 664 g/mol. The molecule has 0 aromatic heterocycles. The highest BCUT2D eigenvalue weighted by Crippen LogP contribution is 2.45. The van der Waals surface area contributed by atoms with Crippen LogP contribution >= 0.6 is 0 Å². The molecule has 0 aliphatic carbocycles.